The first-order valence-electron chi connectivity index (χ1n) is 20.0. The van der Waals surface area contributed by atoms with Gasteiger partial charge in [-0.1, -0.05) is 146 Å². The second-order valence-electron chi connectivity index (χ2n) is 15.4. The first-order valence-corrected chi connectivity index (χ1v) is 20.0. The molecule has 12 rings (SSSR count). The minimum Gasteiger partial charge on any atom is -0.309 e. The highest BCUT2D eigenvalue weighted by atomic mass is 15.0. The van der Waals surface area contributed by atoms with E-state index in [-0.39, 0.29) is 0 Å². The van der Waals surface area contributed by atoms with E-state index in [0.717, 1.165) is 11.4 Å². The molecule has 0 atom stereocenters. The quantitative estimate of drug-likeness (QED) is 0.156. The van der Waals surface area contributed by atoms with Gasteiger partial charge in [0.1, 0.15) is 0 Å². The molecule has 12 aromatic rings. The van der Waals surface area contributed by atoms with Crippen LogP contribution in [0.5, 0.6) is 0 Å². The van der Waals surface area contributed by atoms with E-state index in [0.29, 0.717) is 0 Å². The molecule has 2 heteroatoms. The Labute approximate surface area is 336 Å². The standard InChI is InChI=1S/C56H36N2/c1-3-14-45(15-4-1)57-53-21-11-9-19-48(53)50-29-27-40(35-55(50)57)43-31-42(39-26-25-38-24-23-37-13-7-8-18-47(37)52(38)34-39)32-44(33-43)41-28-30-51-49-20-10-12-22-54(49)58(56(51)36-41)46-16-5-2-6-17-46/h1-36H. The topological polar surface area (TPSA) is 9.86 Å². The van der Waals surface area contributed by atoms with Crippen molar-refractivity contribution in [2.45, 2.75) is 0 Å². The van der Waals surface area contributed by atoms with Crippen molar-refractivity contribution in [3.8, 4) is 44.8 Å². The lowest BCUT2D eigenvalue weighted by Crippen LogP contribution is -1.94. The Morgan fingerprint density at radius 1 is 0.207 bits per heavy atom. The van der Waals surface area contributed by atoms with Crippen molar-refractivity contribution in [3.05, 3.63) is 218 Å². The normalized spacial score (nSPS) is 11.8. The molecule has 0 N–H and O–H groups in total. The summed E-state index contributed by atoms with van der Waals surface area (Å²) in [7, 11) is 0. The SMILES string of the molecule is c1ccc(-n2c3ccccc3c3ccc(-c4cc(-c5ccc6ccc7ccccc7c6c5)cc(-c5ccc6c7ccccc7n(-c7ccccc7)c6c5)c4)cc32)cc1. The van der Waals surface area contributed by atoms with Crippen molar-refractivity contribution < 1.29 is 0 Å². The molecule has 0 aliphatic rings. The van der Waals surface area contributed by atoms with Gasteiger partial charge in [-0.3, -0.25) is 0 Å². The molecule has 0 aliphatic heterocycles. The predicted molar refractivity (Wildman–Crippen MR) is 246 cm³/mol. The average molecular weight is 737 g/mol. The van der Waals surface area contributed by atoms with Gasteiger partial charge in [0.05, 0.1) is 22.1 Å². The van der Waals surface area contributed by atoms with Crippen molar-refractivity contribution in [3.63, 3.8) is 0 Å². The van der Waals surface area contributed by atoms with Crippen LogP contribution < -0.4 is 0 Å². The molecule has 0 spiro atoms. The van der Waals surface area contributed by atoms with Crippen LogP contribution in [0.3, 0.4) is 0 Å². The van der Waals surface area contributed by atoms with Gasteiger partial charge in [-0.15, -0.1) is 0 Å². The van der Waals surface area contributed by atoms with Crippen LogP contribution in [0.2, 0.25) is 0 Å². The molecule has 10 aromatic carbocycles. The Morgan fingerprint density at radius 3 is 1.12 bits per heavy atom. The van der Waals surface area contributed by atoms with Crippen LogP contribution in [-0.2, 0) is 0 Å². The molecule has 0 saturated heterocycles. The van der Waals surface area contributed by atoms with E-state index in [1.54, 1.807) is 0 Å². The summed E-state index contributed by atoms with van der Waals surface area (Å²) in [6, 6.07) is 80.2. The smallest absolute Gasteiger partial charge is 0.0547 e. The Kier molecular flexibility index (Phi) is 7.26. The highest BCUT2D eigenvalue weighted by Crippen LogP contribution is 2.40. The molecule has 0 amide bonds. The van der Waals surface area contributed by atoms with Gasteiger partial charge in [-0.05, 0) is 128 Å². The van der Waals surface area contributed by atoms with Crippen LogP contribution in [0.25, 0.3) is 110 Å². The van der Waals surface area contributed by atoms with E-state index < -0.39 is 0 Å². The molecule has 2 heterocycles. The molecule has 2 nitrogen and oxygen atoms in total. The third-order valence-corrected chi connectivity index (χ3v) is 12.1. The lowest BCUT2D eigenvalue weighted by Gasteiger charge is -2.14. The largest absolute Gasteiger partial charge is 0.309 e. The van der Waals surface area contributed by atoms with Crippen LogP contribution in [0, 0.1) is 0 Å². The van der Waals surface area contributed by atoms with Crippen molar-refractivity contribution in [1.82, 2.24) is 9.13 Å². The summed E-state index contributed by atoms with van der Waals surface area (Å²) in [5.41, 5.74) is 14.2. The maximum atomic E-state index is 2.41. The number of para-hydroxylation sites is 4. The summed E-state index contributed by atoms with van der Waals surface area (Å²) in [6.07, 6.45) is 0. The van der Waals surface area contributed by atoms with Crippen molar-refractivity contribution in [1.29, 1.82) is 0 Å². The van der Waals surface area contributed by atoms with E-state index >= 15 is 0 Å². The van der Waals surface area contributed by atoms with Gasteiger partial charge in [0.25, 0.3) is 0 Å². The fourth-order valence-corrected chi connectivity index (χ4v) is 9.32. The molecule has 58 heavy (non-hydrogen) atoms. The van der Waals surface area contributed by atoms with Gasteiger partial charge in [0, 0.05) is 32.9 Å². The van der Waals surface area contributed by atoms with E-state index in [1.807, 2.05) is 0 Å². The highest BCUT2D eigenvalue weighted by Gasteiger charge is 2.17. The first kappa shape index (κ1) is 32.6. The fraction of sp³-hybridized carbons (Fsp3) is 0. The van der Waals surface area contributed by atoms with E-state index in [9.17, 15) is 0 Å². The molecule has 0 unspecified atom stereocenters. The molecular weight excluding hydrogens is 701 g/mol. The van der Waals surface area contributed by atoms with Crippen LogP contribution >= 0.6 is 0 Å². The second kappa shape index (κ2) is 12.9. The summed E-state index contributed by atoms with van der Waals surface area (Å²) in [4.78, 5) is 0. The van der Waals surface area contributed by atoms with E-state index in [1.165, 1.54) is 98.5 Å². The summed E-state index contributed by atoms with van der Waals surface area (Å²) in [5, 5.41) is 10.1. The zero-order valence-electron chi connectivity index (χ0n) is 31.7. The van der Waals surface area contributed by atoms with Gasteiger partial charge >= 0.3 is 0 Å². The lowest BCUT2D eigenvalue weighted by molar-refractivity contribution is 1.18. The Hall–Kier alpha value is -7.68. The average Bonchev–Trinajstić information content (AvgIpc) is 3.81. The van der Waals surface area contributed by atoms with Crippen molar-refractivity contribution >= 4 is 65.2 Å². The first-order chi connectivity index (χ1) is 28.7. The highest BCUT2D eigenvalue weighted by molar-refractivity contribution is 6.12. The number of aromatic nitrogens is 2. The number of benzene rings is 10. The van der Waals surface area contributed by atoms with Crippen LogP contribution in [-0.4, -0.2) is 9.13 Å². The molecular formula is C56H36N2. The summed E-state index contributed by atoms with van der Waals surface area (Å²) < 4.78 is 4.81. The number of rotatable bonds is 5. The lowest BCUT2D eigenvalue weighted by atomic mass is 9.91. The molecule has 2 aromatic heterocycles. The maximum absolute atomic E-state index is 2.41. The van der Waals surface area contributed by atoms with E-state index in [4.69, 9.17) is 0 Å². The van der Waals surface area contributed by atoms with Gasteiger partial charge in [-0.2, -0.15) is 0 Å². The number of nitrogens with zero attached hydrogens (tertiary/aromatic N) is 2. The van der Waals surface area contributed by atoms with Crippen LogP contribution in [0.4, 0.5) is 0 Å². The third-order valence-electron chi connectivity index (χ3n) is 12.1. The molecule has 0 bridgehead atoms. The maximum Gasteiger partial charge on any atom is 0.0547 e. The van der Waals surface area contributed by atoms with Gasteiger partial charge in [-0.25, -0.2) is 0 Å². The number of hydrogen-bond donors (Lipinski definition) is 0. The second-order valence-corrected chi connectivity index (χ2v) is 15.4. The molecule has 0 radical (unpaired) electrons. The Bertz CT molecular complexity index is 3380. The Morgan fingerprint density at radius 2 is 0.586 bits per heavy atom. The number of fused-ring (bicyclic) bond motifs is 9. The van der Waals surface area contributed by atoms with Crippen LogP contribution in [0.15, 0.2) is 218 Å². The summed E-state index contributed by atoms with van der Waals surface area (Å²) in [5.74, 6) is 0. The minimum atomic E-state index is 1.16. The van der Waals surface area contributed by atoms with Gasteiger partial charge < -0.3 is 9.13 Å². The predicted octanol–water partition coefficient (Wildman–Crippen LogP) is 15.2. The molecule has 0 fully saturated rings. The van der Waals surface area contributed by atoms with Gasteiger partial charge in [0.15, 0.2) is 0 Å². The van der Waals surface area contributed by atoms with Crippen LogP contribution in [0.1, 0.15) is 0 Å². The summed E-state index contributed by atoms with van der Waals surface area (Å²) >= 11 is 0. The van der Waals surface area contributed by atoms with Gasteiger partial charge in [0.2, 0.25) is 0 Å². The van der Waals surface area contributed by atoms with Crippen molar-refractivity contribution in [2.75, 3.05) is 0 Å². The zero-order chi connectivity index (χ0) is 38.2. The minimum absolute atomic E-state index is 1.16. The third kappa shape index (κ3) is 5.12. The van der Waals surface area contributed by atoms with Crippen molar-refractivity contribution in [2.24, 2.45) is 0 Å². The molecule has 0 saturated carbocycles. The Balaban J connectivity index is 1.11. The fourth-order valence-electron chi connectivity index (χ4n) is 9.32. The zero-order valence-corrected chi connectivity index (χ0v) is 31.7. The monoisotopic (exact) mass is 736 g/mol. The van der Waals surface area contributed by atoms with E-state index in [2.05, 4.69) is 228 Å². The molecule has 270 valence electrons. The summed E-state index contributed by atoms with van der Waals surface area (Å²) in [6.45, 7) is 0. The molecule has 0 aliphatic carbocycles. The number of hydrogen-bond acceptors (Lipinski definition) is 0.